The van der Waals surface area contributed by atoms with Gasteiger partial charge in [-0.25, -0.2) is 0 Å². The number of aromatic nitrogens is 1. The minimum Gasteiger partial charge on any atom is -0.353 e. The van der Waals surface area contributed by atoms with Gasteiger partial charge in [-0.1, -0.05) is 60.7 Å². The Bertz CT molecular complexity index is 893. The van der Waals surface area contributed by atoms with Gasteiger partial charge in [0.2, 0.25) is 0 Å². The lowest BCUT2D eigenvalue weighted by Crippen LogP contribution is -2.24. The molecule has 3 nitrogen and oxygen atoms in total. The molecule has 1 aliphatic rings. The number of nitrogens with zero attached hydrogens (tertiary/aromatic N) is 1. The third-order valence-electron chi connectivity index (χ3n) is 4.95. The molecule has 3 aromatic rings. The maximum Gasteiger partial charge on any atom is 0.157 e. The van der Waals surface area contributed by atoms with Crippen LogP contribution in [0, 0.1) is 0 Å². The molecule has 3 heteroatoms. The summed E-state index contributed by atoms with van der Waals surface area (Å²) in [6.45, 7) is 1.58. The molecular weight excluding hydrogens is 334 g/mol. The first-order valence-electron chi connectivity index (χ1n) is 9.70. The minimum absolute atomic E-state index is 0.103. The minimum atomic E-state index is -0.103. The number of ether oxygens (including phenoxy) is 2. The summed E-state index contributed by atoms with van der Waals surface area (Å²) in [5.41, 5.74) is 3.63. The third-order valence-corrected chi connectivity index (χ3v) is 4.95. The van der Waals surface area contributed by atoms with Crippen LogP contribution >= 0.6 is 0 Å². The number of hydrogen-bond donors (Lipinski definition) is 0. The summed E-state index contributed by atoms with van der Waals surface area (Å²) >= 11 is 0. The summed E-state index contributed by atoms with van der Waals surface area (Å²) in [5, 5.41) is 2.42. The number of fused-ring (bicyclic) bond motifs is 1. The van der Waals surface area contributed by atoms with Crippen molar-refractivity contribution in [2.45, 2.75) is 32.0 Å². The molecule has 1 fully saturated rings. The first-order valence-corrected chi connectivity index (χ1v) is 9.70. The Morgan fingerprint density at radius 3 is 2.59 bits per heavy atom. The zero-order valence-corrected chi connectivity index (χ0v) is 15.5. The van der Waals surface area contributed by atoms with Crippen molar-refractivity contribution in [1.29, 1.82) is 0 Å². The smallest absolute Gasteiger partial charge is 0.157 e. The fourth-order valence-electron chi connectivity index (χ4n) is 3.52. The lowest BCUT2D eigenvalue weighted by Gasteiger charge is -2.23. The van der Waals surface area contributed by atoms with E-state index in [0.717, 1.165) is 44.6 Å². The first-order chi connectivity index (χ1) is 13.4. The van der Waals surface area contributed by atoms with E-state index < -0.39 is 0 Å². The van der Waals surface area contributed by atoms with E-state index in [-0.39, 0.29) is 6.29 Å². The maximum absolute atomic E-state index is 5.74. The molecule has 0 unspecified atom stereocenters. The van der Waals surface area contributed by atoms with Gasteiger partial charge < -0.3 is 9.47 Å². The van der Waals surface area contributed by atoms with Crippen LogP contribution in [0.25, 0.3) is 16.3 Å². The standard InChI is InChI=1S/C24H25NO2/c1-2-7-19(8-3-1)11-12-21(13-14-23-26-17-6-18-27-23)24-22-10-5-4-9-20(22)15-16-25-24/h1-5,7-10,12,15-16,23H,6,11,13-14,17-18H2. The van der Waals surface area contributed by atoms with E-state index in [1.807, 2.05) is 6.20 Å². The molecule has 0 bridgehead atoms. The van der Waals surface area contributed by atoms with Gasteiger partial charge in [-0.2, -0.15) is 0 Å². The second-order valence-electron chi connectivity index (χ2n) is 6.86. The van der Waals surface area contributed by atoms with Gasteiger partial charge in [0.15, 0.2) is 6.29 Å². The zero-order chi connectivity index (χ0) is 18.3. The molecule has 0 spiro atoms. The van der Waals surface area contributed by atoms with Gasteiger partial charge in [-0.15, -0.1) is 0 Å². The van der Waals surface area contributed by atoms with E-state index in [1.54, 1.807) is 0 Å². The number of pyridine rings is 1. The van der Waals surface area contributed by atoms with Crippen LogP contribution in [0.4, 0.5) is 0 Å². The Hall–Kier alpha value is -2.49. The van der Waals surface area contributed by atoms with Crippen molar-refractivity contribution in [3.8, 4) is 0 Å². The quantitative estimate of drug-likeness (QED) is 0.590. The number of hydrogen-bond acceptors (Lipinski definition) is 3. The van der Waals surface area contributed by atoms with E-state index in [4.69, 9.17) is 14.5 Å². The van der Waals surface area contributed by atoms with Crippen molar-refractivity contribution in [1.82, 2.24) is 4.98 Å². The molecule has 0 N–H and O–H groups in total. The largest absolute Gasteiger partial charge is 0.353 e. The fourth-order valence-corrected chi connectivity index (χ4v) is 3.52. The predicted octanol–water partition coefficient (Wildman–Crippen LogP) is 5.40. The highest BCUT2D eigenvalue weighted by Crippen LogP contribution is 2.28. The zero-order valence-electron chi connectivity index (χ0n) is 15.5. The van der Waals surface area contributed by atoms with E-state index in [1.165, 1.54) is 21.9 Å². The van der Waals surface area contributed by atoms with E-state index >= 15 is 0 Å². The van der Waals surface area contributed by atoms with Crippen LogP contribution in [0.3, 0.4) is 0 Å². The summed E-state index contributed by atoms with van der Waals surface area (Å²) in [6.07, 6.45) is 7.73. The van der Waals surface area contributed by atoms with Crippen LogP contribution in [0.2, 0.25) is 0 Å². The maximum atomic E-state index is 5.74. The normalized spacial score (nSPS) is 15.9. The molecule has 27 heavy (non-hydrogen) atoms. The summed E-state index contributed by atoms with van der Waals surface area (Å²) in [7, 11) is 0. The van der Waals surface area contributed by atoms with E-state index in [2.05, 4.69) is 66.7 Å². The van der Waals surface area contributed by atoms with Gasteiger partial charge in [0.1, 0.15) is 0 Å². The number of benzene rings is 2. The van der Waals surface area contributed by atoms with Gasteiger partial charge in [-0.3, -0.25) is 4.98 Å². The lowest BCUT2D eigenvalue weighted by atomic mass is 9.98. The Labute approximate surface area is 160 Å². The molecular formula is C24H25NO2. The molecule has 1 aliphatic heterocycles. The third kappa shape index (κ3) is 4.62. The molecule has 1 aromatic heterocycles. The summed E-state index contributed by atoms with van der Waals surface area (Å²) in [6, 6.07) is 21.1. The van der Waals surface area contributed by atoms with Gasteiger partial charge in [-0.05, 0) is 41.9 Å². The molecule has 0 amide bonds. The van der Waals surface area contributed by atoms with E-state index in [9.17, 15) is 0 Å². The highest BCUT2D eigenvalue weighted by Gasteiger charge is 2.16. The SMILES string of the molecule is C(Cc1ccccc1)=C(CCC1OCCCO1)c1nccc2ccccc12. The van der Waals surface area contributed by atoms with Crippen molar-refractivity contribution >= 4 is 16.3 Å². The molecule has 2 aromatic carbocycles. The van der Waals surface area contributed by atoms with Crippen LogP contribution in [-0.4, -0.2) is 24.5 Å². The predicted molar refractivity (Wildman–Crippen MR) is 109 cm³/mol. The Morgan fingerprint density at radius 1 is 0.963 bits per heavy atom. The molecule has 0 atom stereocenters. The fraction of sp³-hybridized carbons (Fsp3) is 0.292. The number of allylic oxidation sites excluding steroid dienone is 2. The van der Waals surface area contributed by atoms with Gasteiger partial charge in [0, 0.05) is 18.0 Å². The monoisotopic (exact) mass is 359 g/mol. The Kier molecular flexibility index (Phi) is 5.92. The molecule has 1 saturated heterocycles. The average molecular weight is 359 g/mol. The van der Waals surface area contributed by atoms with Crippen molar-refractivity contribution in [2.24, 2.45) is 0 Å². The second-order valence-corrected chi connectivity index (χ2v) is 6.86. The van der Waals surface area contributed by atoms with Crippen molar-refractivity contribution in [3.05, 3.63) is 84.2 Å². The Morgan fingerprint density at radius 2 is 1.74 bits per heavy atom. The van der Waals surface area contributed by atoms with Crippen LogP contribution in [0.5, 0.6) is 0 Å². The van der Waals surface area contributed by atoms with Crippen LogP contribution in [-0.2, 0) is 15.9 Å². The average Bonchev–Trinajstić information content (AvgIpc) is 2.75. The highest BCUT2D eigenvalue weighted by molar-refractivity contribution is 5.92. The molecule has 4 rings (SSSR count). The van der Waals surface area contributed by atoms with Crippen molar-refractivity contribution < 1.29 is 9.47 Å². The summed E-state index contributed by atoms with van der Waals surface area (Å²) < 4.78 is 11.5. The summed E-state index contributed by atoms with van der Waals surface area (Å²) in [5.74, 6) is 0. The lowest BCUT2D eigenvalue weighted by molar-refractivity contribution is -0.180. The Balaban J connectivity index is 1.62. The van der Waals surface area contributed by atoms with Crippen molar-refractivity contribution in [2.75, 3.05) is 13.2 Å². The topological polar surface area (TPSA) is 31.4 Å². The first kappa shape index (κ1) is 17.9. The highest BCUT2D eigenvalue weighted by atomic mass is 16.7. The molecule has 2 heterocycles. The summed E-state index contributed by atoms with van der Waals surface area (Å²) in [4.78, 5) is 4.73. The molecule has 138 valence electrons. The molecule has 0 radical (unpaired) electrons. The van der Waals surface area contributed by atoms with Crippen LogP contribution in [0.1, 0.15) is 30.5 Å². The van der Waals surface area contributed by atoms with Crippen molar-refractivity contribution in [3.63, 3.8) is 0 Å². The van der Waals surface area contributed by atoms with Crippen LogP contribution in [0.15, 0.2) is 72.9 Å². The van der Waals surface area contributed by atoms with Crippen LogP contribution < -0.4 is 0 Å². The van der Waals surface area contributed by atoms with E-state index in [0.29, 0.717) is 0 Å². The van der Waals surface area contributed by atoms with Gasteiger partial charge in [0.05, 0.1) is 18.9 Å². The second kappa shape index (κ2) is 8.94. The van der Waals surface area contributed by atoms with Gasteiger partial charge >= 0.3 is 0 Å². The van der Waals surface area contributed by atoms with Gasteiger partial charge in [0.25, 0.3) is 0 Å². The molecule has 0 saturated carbocycles. The number of rotatable bonds is 6. The molecule has 0 aliphatic carbocycles.